The van der Waals surface area contributed by atoms with Gasteiger partial charge in [0, 0.05) is 12.1 Å². The highest BCUT2D eigenvalue weighted by Crippen LogP contribution is 2.37. The number of benzene rings is 1. The van der Waals surface area contributed by atoms with Gasteiger partial charge in [-0.1, -0.05) is 17.7 Å². The van der Waals surface area contributed by atoms with Crippen LogP contribution >= 0.6 is 11.6 Å². The summed E-state index contributed by atoms with van der Waals surface area (Å²) in [7, 11) is 0. The molecule has 0 bridgehead atoms. The Labute approximate surface area is 171 Å². The molecule has 1 atom stereocenters. The van der Waals surface area contributed by atoms with Crippen LogP contribution in [0.5, 0.6) is 0 Å². The average molecular weight is 444 g/mol. The molecule has 1 N–H and O–H groups in total. The Balaban J connectivity index is 1.74. The first-order chi connectivity index (χ1) is 14.1. The molecule has 4 rings (SSSR count). The number of fused-ring (bicyclic) bond motifs is 1. The Morgan fingerprint density at radius 3 is 2.77 bits per heavy atom. The van der Waals surface area contributed by atoms with Gasteiger partial charge in [0.1, 0.15) is 30.1 Å². The second-order valence-electron chi connectivity index (χ2n) is 6.89. The average Bonchev–Trinajstić information content (AvgIpc) is 3.30. The zero-order chi connectivity index (χ0) is 21.6. The molecule has 0 spiro atoms. The normalized spacial score (nSPS) is 17.1. The van der Waals surface area contributed by atoms with E-state index in [0.717, 1.165) is 23.0 Å². The minimum absolute atomic E-state index is 0.0146. The van der Waals surface area contributed by atoms with E-state index in [-0.39, 0.29) is 48.3 Å². The molecule has 1 aliphatic rings. The van der Waals surface area contributed by atoms with Gasteiger partial charge >= 0.3 is 6.18 Å². The van der Waals surface area contributed by atoms with E-state index in [1.165, 1.54) is 11.0 Å². The smallest absolute Gasteiger partial charge is 0.338 e. The molecule has 1 fully saturated rings. The Morgan fingerprint density at radius 1 is 1.33 bits per heavy atom. The fraction of sp³-hybridized carbons (Fsp3) is 0.333. The molecule has 3 aromatic rings. The third kappa shape index (κ3) is 3.64. The van der Waals surface area contributed by atoms with E-state index >= 15 is 0 Å². The summed E-state index contributed by atoms with van der Waals surface area (Å²) >= 11 is 5.65. The van der Waals surface area contributed by atoms with Crippen molar-refractivity contribution in [3.05, 3.63) is 45.5 Å². The third-order valence-electron chi connectivity index (χ3n) is 4.88. The topological polar surface area (TPSA) is 83.9 Å². The highest BCUT2D eigenvalue weighted by atomic mass is 35.5. The highest BCUT2D eigenvalue weighted by molar-refractivity contribution is 6.31. The van der Waals surface area contributed by atoms with Crippen LogP contribution in [0, 0.1) is 0 Å². The molecule has 30 heavy (non-hydrogen) atoms. The molecule has 0 saturated carbocycles. The summed E-state index contributed by atoms with van der Waals surface area (Å²) in [4.78, 5) is 30.6. The fourth-order valence-electron chi connectivity index (χ4n) is 3.35. The van der Waals surface area contributed by atoms with Crippen LogP contribution in [-0.2, 0) is 17.5 Å². The largest absolute Gasteiger partial charge is 0.417 e. The van der Waals surface area contributed by atoms with Crippen LogP contribution in [0.15, 0.2) is 29.3 Å². The minimum Gasteiger partial charge on any atom is -0.338 e. The SMILES string of the molecule is O=C(Cn1cnc2[nH]nc(-c3ccc(Cl)c(C(F)(F)F)c3)c2c1=O)N1CCC(F)C1. The zero-order valence-electron chi connectivity index (χ0n) is 15.2. The van der Waals surface area contributed by atoms with E-state index in [1.54, 1.807) is 0 Å². The molecule has 7 nitrogen and oxygen atoms in total. The minimum atomic E-state index is -4.69. The molecule has 1 unspecified atom stereocenters. The lowest BCUT2D eigenvalue weighted by molar-refractivity contribution is -0.137. The maximum atomic E-state index is 13.3. The molecule has 158 valence electrons. The fourth-order valence-corrected chi connectivity index (χ4v) is 3.58. The van der Waals surface area contributed by atoms with Crippen LogP contribution in [-0.4, -0.2) is 49.8 Å². The number of carbonyl (C=O) groups excluding carboxylic acids is 1. The molecule has 3 heterocycles. The number of aromatic nitrogens is 4. The van der Waals surface area contributed by atoms with E-state index in [0.29, 0.717) is 0 Å². The second-order valence-corrected chi connectivity index (χ2v) is 7.30. The van der Waals surface area contributed by atoms with Gasteiger partial charge in [-0.3, -0.25) is 19.3 Å². The van der Waals surface area contributed by atoms with Crippen molar-refractivity contribution >= 4 is 28.5 Å². The molecule has 1 aliphatic heterocycles. The van der Waals surface area contributed by atoms with Crippen molar-refractivity contribution in [3.8, 4) is 11.3 Å². The Kier molecular flexibility index (Phi) is 5.00. The van der Waals surface area contributed by atoms with Crippen LogP contribution in [0.2, 0.25) is 5.02 Å². The predicted molar refractivity (Wildman–Crippen MR) is 99.7 cm³/mol. The van der Waals surface area contributed by atoms with Crippen LogP contribution in [0.25, 0.3) is 22.3 Å². The summed E-state index contributed by atoms with van der Waals surface area (Å²) in [6, 6.07) is 3.17. The monoisotopic (exact) mass is 443 g/mol. The van der Waals surface area contributed by atoms with Gasteiger partial charge in [0.2, 0.25) is 5.91 Å². The molecular formula is C18H14ClF4N5O2. The molecule has 12 heteroatoms. The Hall–Kier alpha value is -2.95. The molecule has 1 aromatic carbocycles. The van der Waals surface area contributed by atoms with E-state index < -0.39 is 34.4 Å². The summed E-state index contributed by atoms with van der Waals surface area (Å²) in [5.41, 5.74) is -1.69. The number of aromatic amines is 1. The van der Waals surface area contributed by atoms with Gasteiger partial charge in [0.25, 0.3) is 5.56 Å². The first-order valence-corrected chi connectivity index (χ1v) is 9.25. The number of alkyl halides is 4. The van der Waals surface area contributed by atoms with Gasteiger partial charge in [-0.2, -0.15) is 18.3 Å². The highest BCUT2D eigenvalue weighted by Gasteiger charge is 2.34. The Morgan fingerprint density at radius 2 is 2.10 bits per heavy atom. The van der Waals surface area contributed by atoms with E-state index in [1.807, 2.05) is 0 Å². The summed E-state index contributed by atoms with van der Waals surface area (Å²) in [5.74, 6) is -0.450. The van der Waals surface area contributed by atoms with Gasteiger partial charge in [-0.05, 0) is 18.6 Å². The first kappa shape index (κ1) is 20.3. The van der Waals surface area contributed by atoms with Crippen molar-refractivity contribution in [1.82, 2.24) is 24.6 Å². The third-order valence-corrected chi connectivity index (χ3v) is 5.21. The van der Waals surface area contributed by atoms with Gasteiger partial charge < -0.3 is 4.90 Å². The van der Waals surface area contributed by atoms with Crippen molar-refractivity contribution in [2.45, 2.75) is 25.3 Å². The number of nitrogens with zero attached hydrogens (tertiary/aromatic N) is 4. The van der Waals surface area contributed by atoms with E-state index in [9.17, 15) is 27.2 Å². The van der Waals surface area contributed by atoms with E-state index in [4.69, 9.17) is 11.6 Å². The number of hydrogen-bond acceptors (Lipinski definition) is 4. The number of rotatable bonds is 3. The number of likely N-dealkylation sites (tertiary alicyclic amines) is 1. The number of H-pyrrole nitrogens is 1. The molecule has 2 aromatic heterocycles. The zero-order valence-corrected chi connectivity index (χ0v) is 16.0. The van der Waals surface area contributed by atoms with Gasteiger partial charge in [0.15, 0.2) is 5.65 Å². The number of nitrogens with one attached hydrogen (secondary N) is 1. The first-order valence-electron chi connectivity index (χ1n) is 8.87. The Bertz CT molecular complexity index is 1190. The maximum absolute atomic E-state index is 13.3. The van der Waals surface area contributed by atoms with Gasteiger partial charge in [0.05, 0.1) is 17.1 Å². The molecular weight excluding hydrogens is 430 g/mol. The van der Waals surface area contributed by atoms with Crippen molar-refractivity contribution < 1.29 is 22.4 Å². The maximum Gasteiger partial charge on any atom is 0.417 e. The van der Waals surface area contributed by atoms with Crippen LogP contribution in [0.4, 0.5) is 17.6 Å². The van der Waals surface area contributed by atoms with Crippen molar-refractivity contribution in [3.63, 3.8) is 0 Å². The quantitative estimate of drug-likeness (QED) is 0.631. The summed E-state index contributed by atoms with van der Waals surface area (Å²) < 4.78 is 53.9. The molecule has 0 radical (unpaired) electrons. The van der Waals surface area contributed by atoms with E-state index in [2.05, 4.69) is 15.2 Å². The predicted octanol–water partition coefficient (Wildman–Crippen LogP) is 3.03. The molecule has 1 saturated heterocycles. The van der Waals surface area contributed by atoms with Crippen LogP contribution in [0.3, 0.4) is 0 Å². The lowest BCUT2D eigenvalue weighted by Gasteiger charge is -2.15. The van der Waals surface area contributed by atoms with Crippen molar-refractivity contribution in [2.75, 3.05) is 13.1 Å². The van der Waals surface area contributed by atoms with Crippen LogP contribution < -0.4 is 5.56 Å². The van der Waals surface area contributed by atoms with Crippen molar-refractivity contribution in [1.29, 1.82) is 0 Å². The molecule has 0 aliphatic carbocycles. The molecule has 1 amide bonds. The summed E-state index contributed by atoms with van der Waals surface area (Å²) in [6.07, 6.45) is -4.41. The van der Waals surface area contributed by atoms with Gasteiger partial charge in [-0.15, -0.1) is 0 Å². The number of halogens is 5. The lowest BCUT2D eigenvalue weighted by atomic mass is 10.1. The van der Waals surface area contributed by atoms with Gasteiger partial charge in [-0.25, -0.2) is 9.37 Å². The van der Waals surface area contributed by atoms with Crippen LogP contribution in [0.1, 0.15) is 12.0 Å². The number of amides is 1. The summed E-state index contributed by atoms with van der Waals surface area (Å²) in [5, 5.41) is 5.89. The standard InChI is InChI=1S/C18H14ClF4N5O2/c19-12-2-1-9(5-11(12)18(21,22)23)15-14-16(26-25-15)24-8-28(17(14)30)7-13(29)27-4-3-10(20)6-27/h1-2,5,8,10H,3-4,6-7H2,(H,25,26). The number of hydrogen-bond donors (Lipinski definition) is 1. The lowest BCUT2D eigenvalue weighted by Crippen LogP contribution is -2.35. The van der Waals surface area contributed by atoms with Crippen molar-refractivity contribution in [2.24, 2.45) is 0 Å². The second kappa shape index (κ2) is 7.38. The summed E-state index contributed by atoms with van der Waals surface area (Å²) in [6.45, 7) is -0.148. The number of carbonyl (C=O) groups is 1.